The minimum absolute atomic E-state index is 0.119. The molecule has 0 radical (unpaired) electrons. The van der Waals surface area contributed by atoms with Gasteiger partial charge in [0.05, 0.1) is 19.9 Å². The van der Waals surface area contributed by atoms with E-state index in [9.17, 15) is 9.59 Å². The van der Waals surface area contributed by atoms with E-state index in [0.29, 0.717) is 40.7 Å². The fraction of sp³-hybridized carbons (Fsp3) is 0.190. The van der Waals surface area contributed by atoms with Gasteiger partial charge >= 0.3 is 0 Å². The molecule has 0 aromatic heterocycles. The Morgan fingerprint density at radius 3 is 2.87 bits per heavy atom. The molecule has 1 aliphatic rings. The molecule has 2 aromatic carbocycles. The number of rotatable bonds is 9. The van der Waals surface area contributed by atoms with Crippen LogP contribution in [0.1, 0.15) is 15.9 Å². The molecular weight excluding hydrogens is 390 g/mol. The molecule has 0 saturated heterocycles. The Morgan fingerprint density at radius 2 is 2.07 bits per heavy atom. The van der Waals surface area contributed by atoms with Crippen LogP contribution in [0.2, 0.25) is 0 Å². The van der Waals surface area contributed by atoms with Gasteiger partial charge in [-0.3, -0.25) is 9.59 Å². The quantitative estimate of drug-likeness (QED) is 0.371. The third-order valence-corrected chi connectivity index (χ3v) is 4.01. The van der Waals surface area contributed by atoms with E-state index in [0.717, 1.165) is 0 Å². The SMILES string of the molecule is C=CCOc1c(/C=N/NC(=O)CNC(=O)c2ccc3c(c2)OCO3)cccc1OC. The van der Waals surface area contributed by atoms with Crippen molar-refractivity contribution >= 4 is 18.0 Å². The molecule has 1 heterocycles. The first-order valence-corrected chi connectivity index (χ1v) is 9.03. The van der Waals surface area contributed by atoms with Crippen molar-refractivity contribution in [2.24, 2.45) is 5.10 Å². The van der Waals surface area contributed by atoms with E-state index in [4.69, 9.17) is 18.9 Å². The molecule has 9 nitrogen and oxygen atoms in total. The van der Waals surface area contributed by atoms with Crippen molar-refractivity contribution in [2.75, 3.05) is 27.1 Å². The normalized spacial score (nSPS) is 11.8. The molecule has 0 aliphatic carbocycles. The van der Waals surface area contributed by atoms with Gasteiger partial charge in [-0.15, -0.1) is 0 Å². The van der Waals surface area contributed by atoms with Crippen LogP contribution in [0.25, 0.3) is 0 Å². The lowest BCUT2D eigenvalue weighted by Gasteiger charge is -2.11. The molecule has 0 spiro atoms. The zero-order chi connectivity index (χ0) is 21.3. The highest BCUT2D eigenvalue weighted by Crippen LogP contribution is 2.32. The number of hydrazone groups is 1. The van der Waals surface area contributed by atoms with Gasteiger partial charge in [-0.1, -0.05) is 18.7 Å². The Bertz CT molecular complexity index is 973. The van der Waals surface area contributed by atoms with E-state index < -0.39 is 11.8 Å². The number of carbonyl (C=O) groups is 2. The van der Waals surface area contributed by atoms with Crippen molar-refractivity contribution in [2.45, 2.75) is 0 Å². The molecule has 2 aromatic rings. The monoisotopic (exact) mass is 411 g/mol. The summed E-state index contributed by atoms with van der Waals surface area (Å²) in [6, 6.07) is 10.1. The summed E-state index contributed by atoms with van der Waals surface area (Å²) in [7, 11) is 1.53. The fourth-order valence-corrected chi connectivity index (χ4v) is 2.61. The molecule has 0 fully saturated rings. The minimum atomic E-state index is -0.489. The Balaban J connectivity index is 1.54. The van der Waals surface area contributed by atoms with Gasteiger partial charge in [0.25, 0.3) is 11.8 Å². The molecule has 9 heteroatoms. The number of hydrogen-bond donors (Lipinski definition) is 2. The summed E-state index contributed by atoms with van der Waals surface area (Å²) in [4.78, 5) is 24.2. The zero-order valence-electron chi connectivity index (χ0n) is 16.3. The molecule has 0 bridgehead atoms. The van der Waals surface area contributed by atoms with Crippen LogP contribution in [0, 0.1) is 0 Å². The van der Waals surface area contributed by atoms with Crippen molar-refractivity contribution < 1.29 is 28.5 Å². The maximum absolute atomic E-state index is 12.2. The highest BCUT2D eigenvalue weighted by atomic mass is 16.7. The summed E-state index contributed by atoms with van der Waals surface area (Å²) < 4.78 is 21.3. The predicted molar refractivity (Wildman–Crippen MR) is 109 cm³/mol. The van der Waals surface area contributed by atoms with Crippen molar-refractivity contribution in [3.8, 4) is 23.0 Å². The third kappa shape index (κ3) is 5.07. The Labute approximate surface area is 173 Å². The number of benzene rings is 2. The Kier molecular flexibility index (Phi) is 6.88. The molecule has 2 amide bonds. The predicted octanol–water partition coefficient (Wildman–Crippen LogP) is 1.87. The standard InChI is InChI=1S/C21H21N3O6/c1-3-9-28-20-15(5-4-6-17(20)27-2)11-23-24-19(25)12-22-21(26)14-7-8-16-18(10-14)30-13-29-16/h3-8,10-11H,1,9,12-13H2,2H3,(H,22,26)(H,24,25)/b23-11+. The smallest absolute Gasteiger partial charge is 0.259 e. The van der Waals surface area contributed by atoms with Crippen LogP contribution in [0.3, 0.4) is 0 Å². The van der Waals surface area contributed by atoms with Crippen LogP contribution in [0.15, 0.2) is 54.2 Å². The molecule has 30 heavy (non-hydrogen) atoms. The first kappa shape index (κ1) is 20.7. The molecule has 0 unspecified atom stereocenters. The van der Waals surface area contributed by atoms with Gasteiger partial charge in [0, 0.05) is 11.1 Å². The third-order valence-electron chi connectivity index (χ3n) is 4.01. The van der Waals surface area contributed by atoms with Gasteiger partial charge in [0.15, 0.2) is 23.0 Å². The lowest BCUT2D eigenvalue weighted by molar-refractivity contribution is -0.120. The minimum Gasteiger partial charge on any atom is -0.493 e. The number of amides is 2. The van der Waals surface area contributed by atoms with Crippen molar-refractivity contribution in [1.29, 1.82) is 0 Å². The number of hydrogen-bond acceptors (Lipinski definition) is 7. The topological polar surface area (TPSA) is 107 Å². The summed E-state index contributed by atoms with van der Waals surface area (Å²) in [6.45, 7) is 3.78. The highest BCUT2D eigenvalue weighted by Gasteiger charge is 2.16. The average Bonchev–Trinajstić information content (AvgIpc) is 3.24. The number of carbonyl (C=O) groups excluding carboxylic acids is 2. The van der Waals surface area contributed by atoms with E-state index in [-0.39, 0.29) is 13.3 Å². The molecule has 1 aliphatic heterocycles. The first-order chi connectivity index (χ1) is 14.6. The van der Waals surface area contributed by atoms with Crippen molar-refractivity contribution in [3.63, 3.8) is 0 Å². The van der Waals surface area contributed by atoms with Crippen LogP contribution in [-0.4, -0.2) is 45.1 Å². The summed E-state index contributed by atoms with van der Waals surface area (Å²) in [5.41, 5.74) is 3.32. The molecule has 3 rings (SSSR count). The maximum Gasteiger partial charge on any atom is 0.259 e. The van der Waals surface area contributed by atoms with Crippen LogP contribution < -0.4 is 29.7 Å². The van der Waals surface area contributed by atoms with E-state index in [1.165, 1.54) is 13.3 Å². The molecule has 156 valence electrons. The lowest BCUT2D eigenvalue weighted by Crippen LogP contribution is -2.34. The summed E-state index contributed by atoms with van der Waals surface area (Å²) in [5, 5.41) is 6.43. The van der Waals surface area contributed by atoms with Crippen LogP contribution in [-0.2, 0) is 4.79 Å². The number of nitrogens with one attached hydrogen (secondary N) is 2. The molecule has 0 saturated carbocycles. The van der Waals surface area contributed by atoms with E-state index in [2.05, 4.69) is 22.4 Å². The van der Waals surface area contributed by atoms with Gasteiger partial charge < -0.3 is 24.3 Å². The second-order valence-corrected chi connectivity index (χ2v) is 6.02. The van der Waals surface area contributed by atoms with Gasteiger partial charge in [0.2, 0.25) is 6.79 Å². The second-order valence-electron chi connectivity index (χ2n) is 6.02. The van der Waals surface area contributed by atoms with Gasteiger partial charge in [-0.05, 0) is 30.3 Å². The Morgan fingerprint density at radius 1 is 1.23 bits per heavy atom. The highest BCUT2D eigenvalue weighted by molar-refractivity contribution is 5.97. The number of ether oxygens (including phenoxy) is 4. The van der Waals surface area contributed by atoms with Crippen molar-refractivity contribution in [1.82, 2.24) is 10.7 Å². The van der Waals surface area contributed by atoms with Crippen LogP contribution in [0.5, 0.6) is 23.0 Å². The van der Waals surface area contributed by atoms with E-state index in [1.54, 1.807) is 42.5 Å². The first-order valence-electron chi connectivity index (χ1n) is 9.03. The zero-order valence-corrected chi connectivity index (χ0v) is 16.3. The Hall–Kier alpha value is -4.01. The summed E-state index contributed by atoms with van der Waals surface area (Å²) in [6.07, 6.45) is 3.04. The van der Waals surface area contributed by atoms with Crippen molar-refractivity contribution in [3.05, 3.63) is 60.2 Å². The van der Waals surface area contributed by atoms with Crippen LogP contribution >= 0.6 is 0 Å². The number of fused-ring (bicyclic) bond motifs is 1. The molecular formula is C21H21N3O6. The fourth-order valence-electron chi connectivity index (χ4n) is 2.61. The lowest BCUT2D eigenvalue weighted by atomic mass is 10.2. The average molecular weight is 411 g/mol. The van der Waals surface area contributed by atoms with E-state index in [1.807, 2.05) is 0 Å². The molecule has 2 N–H and O–H groups in total. The second kappa shape index (κ2) is 9.97. The van der Waals surface area contributed by atoms with Gasteiger partial charge in [-0.25, -0.2) is 5.43 Å². The molecule has 0 atom stereocenters. The summed E-state index contributed by atoms with van der Waals surface area (Å²) >= 11 is 0. The van der Waals surface area contributed by atoms with E-state index >= 15 is 0 Å². The number of methoxy groups -OCH3 is 1. The van der Waals surface area contributed by atoms with Gasteiger partial charge in [0.1, 0.15) is 6.61 Å². The van der Waals surface area contributed by atoms with Gasteiger partial charge in [-0.2, -0.15) is 5.10 Å². The largest absolute Gasteiger partial charge is 0.493 e. The van der Waals surface area contributed by atoms with Crippen LogP contribution in [0.4, 0.5) is 0 Å². The summed E-state index contributed by atoms with van der Waals surface area (Å²) in [5.74, 6) is 1.17. The number of nitrogens with zero attached hydrogens (tertiary/aromatic N) is 1. The maximum atomic E-state index is 12.2. The number of para-hydroxylation sites is 1.